The van der Waals surface area contributed by atoms with E-state index >= 15 is 0 Å². The first-order valence-corrected chi connectivity index (χ1v) is 14.1. The van der Waals surface area contributed by atoms with E-state index in [0.717, 1.165) is 61.3 Å². The van der Waals surface area contributed by atoms with E-state index in [9.17, 15) is 13.2 Å². The Labute approximate surface area is 210 Å². The van der Waals surface area contributed by atoms with Crippen LogP contribution in [0.4, 0.5) is 11.5 Å². The number of hydrogen-bond acceptors (Lipinski definition) is 6. The summed E-state index contributed by atoms with van der Waals surface area (Å²) in [5.74, 6) is 1.37. The van der Waals surface area contributed by atoms with Gasteiger partial charge >= 0.3 is 0 Å². The molecule has 2 fully saturated rings. The number of hydrogen-bond donors (Lipinski definition) is 1. The van der Waals surface area contributed by atoms with E-state index in [1.807, 2.05) is 19.2 Å². The second kappa shape index (κ2) is 8.98. The number of anilines is 2. The summed E-state index contributed by atoms with van der Waals surface area (Å²) in [4.78, 5) is 22.6. The van der Waals surface area contributed by atoms with Gasteiger partial charge in [-0.2, -0.15) is 5.10 Å². The highest BCUT2D eigenvalue weighted by atomic mass is 35.5. The summed E-state index contributed by atoms with van der Waals surface area (Å²) in [5.41, 5.74) is 3.03. The fourth-order valence-corrected chi connectivity index (χ4v) is 5.74. The number of likely N-dealkylation sites (tertiary alicyclic amines) is 1. The average molecular weight is 517 g/mol. The highest BCUT2D eigenvalue weighted by Gasteiger charge is 2.33. The maximum absolute atomic E-state index is 13.7. The third-order valence-electron chi connectivity index (χ3n) is 6.60. The number of aryl methyl sites for hydroxylation is 1. The van der Waals surface area contributed by atoms with Gasteiger partial charge in [-0.3, -0.25) is 9.52 Å². The molecule has 1 N–H and O–H groups in total. The van der Waals surface area contributed by atoms with E-state index in [0.29, 0.717) is 17.5 Å². The van der Waals surface area contributed by atoms with Crippen LogP contribution < -0.4 is 9.62 Å². The minimum absolute atomic E-state index is 0.215. The molecule has 4 heterocycles. The van der Waals surface area contributed by atoms with Gasteiger partial charge in [-0.25, -0.2) is 17.9 Å². The third kappa shape index (κ3) is 4.81. The van der Waals surface area contributed by atoms with Gasteiger partial charge in [0.2, 0.25) is 10.0 Å². The number of rotatable bonds is 5. The normalized spacial score (nSPS) is 19.1. The second-order valence-corrected chi connectivity index (χ2v) is 11.9. The van der Waals surface area contributed by atoms with Gasteiger partial charge in [-0.05, 0) is 50.3 Å². The molecule has 2 aromatic heterocycles. The number of benzene rings is 1. The summed E-state index contributed by atoms with van der Waals surface area (Å²) in [6, 6.07) is 6.31. The molecule has 0 bridgehead atoms. The number of amides is 1. The van der Waals surface area contributed by atoms with E-state index in [1.165, 1.54) is 12.1 Å². The van der Waals surface area contributed by atoms with E-state index in [2.05, 4.69) is 16.5 Å². The smallest absolute Gasteiger partial charge is 0.256 e. The fraction of sp³-hybridized carbons (Fsp3) is 0.458. The largest absolute Gasteiger partial charge is 0.356 e. The average Bonchev–Trinajstić information content (AvgIpc) is 3.19. The maximum atomic E-state index is 13.7. The summed E-state index contributed by atoms with van der Waals surface area (Å²) in [5, 5.41) is 5.15. The molecule has 0 radical (unpaired) electrons. The van der Waals surface area contributed by atoms with Crippen LogP contribution in [0.5, 0.6) is 0 Å². The summed E-state index contributed by atoms with van der Waals surface area (Å²) >= 11 is 6.18. The Morgan fingerprint density at radius 3 is 2.69 bits per heavy atom. The molecule has 5 rings (SSSR count). The predicted molar refractivity (Wildman–Crippen MR) is 137 cm³/mol. The van der Waals surface area contributed by atoms with E-state index in [-0.39, 0.29) is 23.2 Å². The van der Waals surface area contributed by atoms with Crippen molar-refractivity contribution in [3.05, 3.63) is 52.3 Å². The number of sulfonamides is 1. The van der Waals surface area contributed by atoms with Crippen molar-refractivity contribution in [3.63, 3.8) is 0 Å². The number of fused-ring (bicyclic) bond motifs is 1. The van der Waals surface area contributed by atoms with E-state index in [4.69, 9.17) is 21.7 Å². The number of carbonyl (C=O) groups excluding carboxylic acids is 1. The molecule has 2 aliphatic heterocycles. The molecule has 1 unspecified atom stereocenters. The van der Waals surface area contributed by atoms with Gasteiger partial charge in [-0.15, -0.1) is 0 Å². The van der Waals surface area contributed by atoms with Crippen LogP contribution in [0.25, 0.3) is 5.65 Å². The van der Waals surface area contributed by atoms with Gasteiger partial charge in [0.25, 0.3) is 5.91 Å². The van der Waals surface area contributed by atoms with Gasteiger partial charge in [-0.1, -0.05) is 18.5 Å². The maximum Gasteiger partial charge on any atom is 0.256 e. The standard InChI is InChI=1S/C24H29ClN6O3S/c1-15-12-29(13-15)23-16(2)14-31-22(26-23)11-20(27-31)21-6-4-5-9-30(21)24(32)18-10-17(25)7-8-19(18)28-35(3,33)34/h7-8,10-11,14-15,21,28H,4-6,9,12-13H2,1-3H3. The van der Waals surface area contributed by atoms with Gasteiger partial charge in [0.1, 0.15) is 5.82 Å². The minimum atomic E-state index is -3.57. The SMILES string of the molecule is Cc1cn2nc(C3CCCCN3C(=O)c3cc(Cl)ccc3NS(C)(=O)=O)cc2nc1N1CC(C)C1. The molecule has 186 valence electrons. The third-order valence-corrected chi connectivity index (χ3v) is 7.43. The first kappa shape index (κ1) is 23.9. The van der Waals surface area contributed by atoms with Crippen LogP contribution >= 0.6 is 11.6 Å². The van der Waals surface area contributed by atoms with E-state index in [1.54, 1.807) is 15.5 Å². The van der Waals surface area contributed by atoms with Crippen LogP contribution in [-0.2, 0) is 10.0 Å². The predicted octanol–water partition coefficient (Wildman–Crippen LogP) is 3.89. The first-order chi connectivity index (χ1) is 16.6. The molecule has 0 spiro atoms. The van der Waals surface area contributed by atoms with Crippen molar-refractivity contribution < 1.29 is 13.2 Å². The lowest BCUT2D eigenvalue weighted by Crippen LogP contribution is -2.46. The fourth-order valence-electron chi connectivity index (χ4n) is 4.99. The lowest BCUT2D eigenvalue weighted by atomic mass is 9.98. The minimum Gasteiger partial charge on any atom is -0.356 e. The molecule has 11 heteroatoms. The molecule has 9 nitrogen and oxygen atoms in total. The number of piperidine rings is 1. The molecule has 1 aromatic carbocycles. The van der Waals surface area contributed by atoms with Crippen LogP contribution in [0.15, 0.2) is 30.5 Å². The van der Waals surface area contributed by atoms with Crippen molar-refractivity contribution in [2.45, 2.75) is 39.2 Å². The van der Waals surface area contributed by atoms with Gasteiger partial charge < -0.3 is 9.80 Å². The zero-order valence-corrected chi connectivity index (χ0v) is 21.6. The van der Waals surface area contributed by atoms with Crippen LogP contribution in [0.2, 0.25) is 5.02 Å². The van der Waals surface area contributed by atoms with Crippen LogP contribution in [0.3, 0.4) is 0 Å². The Morgan fingerprint density at radius 2 is 1.97 bits per heavy atom. The molecule has 35 heavy (non-hydrogen) atoms. The number of halogens is 1. The van der Waals surface area contributed by atoms with E-state index < -0.39 is 10.0 Å². The Balaban J connectivity index is 1.49. The molecule has 0 aliphatic carbocycles. The number of carbonyl (C=O) groups is 1. The topological polar surface area (TPSA) is 99.9 Å². The molecule has 0 saturated carbocycles. The highest BCUT2D eigenvalue weighted by Crippen LogP contribution is 2.34. The van der Waals surface area contributed by atoms with Crippen LogP contribution in [0.1, 0.15) is 53.8 Å². The van der Waals surface area contributed by atoms with Gasteiger partial charge in [0.05, 0.1) is 29.2 Å². The molecule has 3 aromatic rings. The zero-order chi connectivity index (χ0) is 24.9. The molecule has 1 atom stereocenters. The summed E-state index contributed by atoms with van der Waals surface area (Å²) in [7, 11) is -3.57. The quantitative estimate of drug-likeness (QED) is 0.552. The van der Waals surface area contributed by atoms with Crippen molar-refractivity contribution in [2.24, 2.45) is 5.92 Å². The Hall–Kier alpha value is -2.85. The van der Waals surface area contributed by atoms with Crippen molar-refractivity contribution in [2.75, 3.05) is 35.5 Å². The molecular formula is C24H29ClN6O3S. The Bertz CT molecular complexity index is 1400. The van der Waals surface area contributed by atoms with Crippen molar-refractivity contribution in [1.82, 2.24) is 19.5 Å². The Kier molecular flexibility index (Phi) is 6.13. The van der Waals surface area contributed by atoms with Gasteiger partial charge in [0, 0.05) is 42.5 Å². The monoisotopic (exact) mass is 516 g/mol. The lowest BCUT2D eigenvalue weighted by Gasteiger charge is -2.38. The van der Waals surface area contributed by atoms with Crippen molar-refractivity contribution in [3.8, 4) is 0 Å². The second-order valence-electron chi connectivity index (χ2n) is 9.70. The Morgan fingerprint density at radius 1 is 1.20 bits per heavy atom. The molecule has 2 aliphatic rings. The van der Waals surface area contributed by atoms with Gasteiger partial charge in [0.15, 0.2) is 5.65 Å². The molecular weight excluding hydrogens is 488 g/mol. The summed E-state index contributed by atoms with van der Waals surface area (Å²) in [6.07, 6.45) is 5.64. The molecule has 1 amide bonds. The lowest BCUT2D eigenvalue weighted by molar-refractivity contribution is 0.0607. The first-order valence-electron chi connectivity index (χ1n) is 11.8. The van der Waals surface area contributed by atoms with Crippen molar-refractivity contribution >= 4 is 44.7 Å². The zero-order valence-electron chi connectivity index (χ0n) is 20.0. The summed E-state index contributed by atoms with van der Waals surface area (Å²) in [6.45, 7) is 6.81. The van der Waals surface area contributed by atoms with Crippen molar-refractivity contribution in [1.29, 1.82) is 0 Å². The number of nitrogens with zero attached hydrogens (tertiary/aromatic N) is 5. The summed E-state index contributed by atoms with van der Waals surface area (Å²) < 4.78 is 28.0. The highest BCUT2D eigenvalue weighted by molar-refractivity contribution is 7.92. The molecule has 2 saturated heterocycles. The van der Waals surface area contributed by atoms with Crippen LogP contribution in [-0.4, -0.2) is 59.7 Å². The van der Waals surface area contributed by atoms with Crippen LogP contribution in [0, 0.1) is 12.8 Å². The number of aromatic nitrogens is 3. The number of nitrogens with one attached hydrogen (secondary N) is 1.